The van der Waals surface area contributed by atoms with Gasteiger partial charge in [-0.3, -0.25) is 4.79 Å². The van der Waals surface area contributed by atoms with Crippen molar-refractivity contribution in [3.8, 4) is 0 Å². The van der Waals surface area contributed by atoms with E-state index in [2.05, 4.69) is 4.98 Å². The van der Waals surface area contributed by atoms with Gasteiger partial charge in [0.2, 0.25) is 5.91 Å². The highest BCUT2D eigenvalue weighted by Crippen LogP contribution is 2.28. The van der Waals surface area contributed by atoms with Gasteiger partial charge in [0.1, 0.15) is 5.60 Å². The third kappa shape index (κ3) is 2.84. The van der Waals surface area contributed by atoms with E-state index in [-0.39, 0.29) is 11.5 Å². The van der Waals surface area contributed by atoms with Crippen molar-refractivity contribution in [3.05, 3.63) is 35.0 Å². The van der Waals surface area contributed by atoms with E-state index in [0.717, 1.165) is 22.9 Å². The van der Waals surface area contributed by atoms with Gasteiger partial charge in [0, 0.05) is 41.7 Å². The molecule has 2 aliphatic rings. The number of H-pyrrole nitrogens is 1. The largest absolute Gasteiger partial charge is 0.378 e. The first kappa shape index (κ1) is 15.0. The predicted octanol–water partition coefficient (Wildman–Crippen LogP) is 2.38. The van der Waals surface area contributed by atoms with Crippen LogP contribution in [0.5, 0.6) is 0 Å². The van der Waals surface area contributed by atoms with Crippen LogP contribution in [0.2, 0.25) is 5.02 Å². The van der Waals surface area contributed by atoms with Crippen LogP contribution < -0.4 is 0 Å². The van der Waals surface area contributed by atoms with Crippen molar-refractivity contribution in [2.24, 2.45) is 0 Å². The van der Waals surface area contributed by atoms with E-state index in [4.69, 9.17) is 21.1 Å². The lowest BCUT2D eigenvalue weighted by Gasteiger charge is -2.39. The van der Waals surface area contributed by atoms with E-state index >= 15 is 0 Å². The zero-order valence-electron chi connectivity index (χ0n) is 12.8. The standard InChI is InChI=1S/C17H19ClN2O3/c18-13-1-2-15-14(8-13)12(9-19-15)7-16(21)20-4-6-23-17(10-20)3-5-22-11-17/h1-2,8-9,19H,3-7,10-11H2. The fourth-order valence-corrected chi connectivity index (χ4v) is 3.63. The lowest BCUT2D eigenvalue weighted by Crippen LogP contribution is -2.54. The molecule has 1 spiro atoms. The number of rotatable bonds is 2. The molecule has 2 fully saturated rings. The maximum absolute atomic E-state index is 12.7. The van der Waals surface area contributed by atoms with Crippen LogP contribution in [-0.2, 0) is 20.7 Å². The molecule has 0 aliphatic carbocycles. The first-order valence-electron chi connectivity index (χ1n) is 7.90. The van der Waals surface area contributed by atoms with Gasteiger partial charge in [0.15, 0.2) is 0 Å². The van der Waals surface area contributed by atoms with Gasteiger partial charge >= 0.3 is 0 Å². The number of hydrogen-bond acceptors (Lipinski definition) is 3. The summed E-state index contributed by atoms with van der Waals surface area (Å²) in [4.78, 5) is 17.8. The van der Waals surface area contributed by atoms with Crippen LogP contribution in [0.3, 0.4) is 0 Å². The third-order valence-corrected chi connectivity index (χ3v) is 4.97. The van der Waals surface area contributed by atoms with Gasteiger partial charge < -0.3 is 19.4 Å². The number of benzene rings is 1. The van der Waals surface area contributed by atoms with Crippen LogP contribution in [0, 0.1) is 0 Å². The Morgan fingerprint density at radius 1 is 1.39 bits per heavy atom. The first-order chi connectivity index (χ1) is 11.2. The van der Waals surface area contributed by atoms with Gasteiger partial charge in [-0.2, -0.15) is 0 Å². The quantitative estimate of drug-likeness (QED) is 0.917. The zero-order valence-corrected chi connectivity index (χ0v) is 13.6. The zero-order chi connectivity index (χ0) is 15.9. The molecule has 1 aromatic heterocycles. The lowest BCUT2D eigenvalue weighted by molar-refractivity contribution is -0.149. The Bertz CT molecular complexity index is 737. The van der Waals surface area contributed by atoms with Crippen LogP contribution in [0.1, 0.15) is 12.0 Å². The fraction of sp³-hybridized carbons (Fsp3) is 0.471. The van der Waals surface area contributed by atoms with Gasteiger partial charge in [-0.05, 0) is 23.8 Å². The molecule has 0 bridgehead atoms. The number of nitrogens with zero attached hydrogens (tertiary/aromatic N) is 1. The smallest absolute Gasteiger partial charge is 0.227 e. The predicted molar refractivity (Wildman–Crippen MR) is 87.7 cm³/mol. The van der Waals surface area contributed by atoms with E-state index in [1.807, 2.05) is 29.3 Å². The molecule has 1 N–H and O–H groups in total. The molecule has 122 valence electrons. The minimum Gasteiger partial charge on any atom is -0.378 e. The van der Waals surface area contributed by atoms with Crippen LogP contribution >= 0.6 is 11.6 Å². The summed E-state index contributed by atoms with van der Waals surface area (Å²) in [5.41, 5.74) is 1.69. The van der Waals surface area contributed by atoms with Crippen molar-refractivity contribution in [1.29, 1.82) is 0 Å². The highest BCUT2D eigenvalue weighted by Gasteiger charge is 2.41. The number of fused-ring (bicyclic) bond motifs is 1. The number of carbonyl (C=O) groups excluding carboxylic acids is 1. The Labute approximate surface area is 139 Å². The number of hydrogen-bond donors (Lipinski definition) is 1. The molecule has 23 heavy (non-hydrogen) atoms. The molecule has 1 atom stereocenters. The van der Waals surface area contributed by atoms with E-state index in [9.17, 15) is 4.79 Å². The molecule has 2 saturated heterocycles. The molecule has 2 aromatic rings. The van der Waals surface area contributed by atoms with Crippen molar-refractivity contribution >= 4 is 28.4 Å². The Balaban J connectivity index is 1.51. The van der Waals surface area contributed by atoms with Gasteiger partial charge in [-0.15, -0.1) is 0 Å². The number of morpholine rings is 1. The molecule has 4 rings (SSSR count). The number of amides is 1. The number of aromatic amines is 1. The van der Waals surface area contributed by atoms with Crippen molar-refractivity contribution in [1.82, 2.24) is 9.88 Å². The second-order valence-electron chi connectivity index (χ2n) is 6.33. The number of ether oxygens (including phenoxy) is 2. The SMILES string of the molecule is O=C(Cc1c[nH]c2ccc(Cl)cc12)N1CCOC2(CCOC2)C1. The van der Waals surface area contributed by atoms with Crippen molar-refractivity contribution < 1.29 is 14.3 Å². The highest BCUT2D eigenvalue weighted by molar-refractivity contribution is 6.31. The van der Waals surface area contributed by atoms with E-state index in [1.165, 1.54) is 0 Å². The molecule has 3 heterocycles. The summed E-state index contributed by atoms with van der Waals surface area (Å²) in [6, 6.07) is 5.69. The first-order valence-corrected chi connectivity index (χ1v) is 8.28. The molecule has 1 unspecified atom stereocenters. The summed E-state index contributed by atoms with van der Waals surface area (Å²) in [6.07, 6.45) is 3.13. The summed E-state index contributed by atoms with van der Waals surface area (Å²) in [5.74, 6) is 0.125. The molecular formula is C17H19ClN2O3. The van der Waals surface area contributed by atoms with E-state index in [1.54, 1.807) is 0 Å². The second kappa shape index (κ2) is 5.82. The summed E-state index contributed by atoms with van der Waals surface area (Å²) in [6.45, 7) is 3.13. The van der Waals surface area contributed by atoms with E-state index < -0.39 is 0 Å². The Hall–Kier alpha value is -1.56. The molecule has 0 radical (unpaired) electrons. The Kier molecular flexibility index (Phi) is 3.79. The normalized spacial score (nSPS) is 24.7. The molecular weight excluding hydrogens is 316 g/mol. The van der Waals surface area contributed by atoms with Gasteiger partial charge in [-0.1, -0.05) is 11.6 Å². The molecule has 2 aliphatic heterocycles. The molecule has 5 nitrogen and oxygen atoms in total. The van der Waals surface area contributed by atoms with Crippen LogP contribution in [-0.4, -0.2) is 54.3 Å². The number of halogens is 1. The van der Waals surface area contributed by atoms with Gasteiger partial charge in [0.05, 0.1) is 26.2 Å². The third-order valence-electron chi connectivity index (χ3n) is 4.74. The maximum atomic E-state index is 12.7. The van der Waals surface area contributed by atoms with E-state index in [0.29, 0.717) is 44.4 Å². The number of carbonyl (C=O) groups is 1. The summed E-state index contributed by atoms with van der Waals surface area (Å²) in [5, 5.41) is 1.69. The second-order valence-corrected chi connectivity index (χ2v) is 6.77. The number of nitrogens with one attached hydrogen (secondary N) is 1. The monoisotopic (exact) mass is 334 g/mol. The fourth-order valence-electron chi connectivity index (χ4n) is 3.46. The van der Waals surface area contributed by atoms with Crippen LogP contribution in [0.25, 0.3) is 10.9 Å². The minimum atomic E-state index is -0.294. The lowest BCUT2D eigenvalue weighted by atomic mass is 10.00. The van der Waals surface area contributed by atoms with Crippen molar-refractivity contribution in [2.45, 2.75) is 18.4 Å². The average Bonchev–Trinajstić information content (AvgIpc) is 3.15. The summed E-state index contributed by atoms with van der Waals surface area (Å²) >= 11 is 6.08. The van der Waals surface area contributed by atoms with Crippen LogP contribution in [0.4, 0.5) is 0 Å². The molecule has 1 aromatic carbocycles. The van der Waals surface area contributed by atoms with Crippen molar-refractivity contribution in [2.75, 3.05) is 32.9 Å². The Morgan fingerprint density at radius 3 is 3.13 bits per heavy atom. The highest BCUT2D eigenvalue weighted by atomic mass is 35.5. The van der Waals surface area contributed by atoms with Gasteiger partial charge in [-0.25, -0.2) is 0 Å². The minimum absolute atomic E-state index is 0.125. The summed E-state index contributed by atoms with van der Waals surface area (Å²) < 4.78 is 11.3. The van der Waals surface area contributed by atoms with Gasteiger partial charge in [0.25, 0.3) is 0 Å². The average molecular weight is 335 g/mol. The Morgan fingerprint density at radius 2 is 2.30 bits per heavy atom. The van der Waals surface area contributed by atoms with Crippen LogP contribution in [0.15, 0.2) is 24.4 Å². The topological polar surface area (TPSA) is 54.6 Å². The molecule has 6 heteroatoms. The maximum Gasteiger partial charge on any atom is 0.227 e. The summed E-state index contributed by atoms with van der Waals surface area (Å²) in [7, 11) is 0. The molecule has 0 saturated carbocycles. The van der Waals surface area contributed by atoms with Crippen molar-refractivity contribution in [3.63, 3.8) is 0 Å². The molecule has 1 amide bonds. The number of aromatic nitrogens is 1.